The molecule has 0 aromatic carbocycles. The summed E-state index contributed by atoms with van der Waals surface area (Å²) in [5.74, 6) is -2.16. The summed E-state index contributed by atoms with van der Waals surface area (Å²) in [5.41, 5.74) is 5.32. The molecule has 1 aromatic heterocycles. The van der Waals surface area contributed by atoms with Gasteiger partial charge in [0.25, 0.3) is 0 Å². The van der Waals surface area contributed by atoms with E-state index in [1.165, 1.54) is 11.9 Å². The van der Waals surface area contributed by atoms with Crippen molar-refractivity contribution < 1.29 is 13.6 Å². The molecule has 0 bridgehead atoms. The molecule has 7 heteroatoms. The SMILES string of the molecule is CNc1nc(N2CCCCC2C(N)=O)c(F)cc1F. The highest BCUT2D eigenvalue weighted by Crippen LogP contribution is 2.28. The Morgan fingerprint density at radius 3 is 2.84 bits per heavy atom. The number of nitrogens with one attached hydrogen (secondary N) is 1. The Kier molecular flexibility index (Phi) is 3.82. The zero-order valence-corrected chi connectivity index (χ0v) is 10.6. The molecule has 1 unspecified atom stereocenters. The van der Waals surface area contributed by atoms with Crippen molar-refractivity contribution >= 4 is 17.5 Å². The van der Waals surface area contributed by atoms with Crippen LogP contribution in [0.1, 0.15) is 19.3 Å². The zero-order chi connectivity index (χ0) is 14.0. The number of piperidine rings is 1. The monoisotopic (exact) mass is 270 g/mol. The second-order valence-electron chi connectivity index (χ2n) is 4.48. The van der Waals surface area contributed by atoms with Gasteiger partial charge in [-0.25, -0.2) is 13.8 Å². The Balaban J connectivity index is 2.41. The molecular formula is C12H16F2N4O. The van der Waals surface area contributed by atoms with E-state index in [-0.39, 0.29) is 11.6 Å². The number of halogens is 2. The normalized spacial score (nSPS) is 19.3. The minimum atomic E-state index is -0.787. The topological polar surface area (TPSA) is 71.2 Å². The van der Waals surface area contributed by atoms with Crippen LogP contribution in [0.2, 0.25) is 0 Å². The van der Waals surface area contributed by atoms with Crippen LogP contribution < -0.4 is 16.0 Å². The van der Waals surface area contributed by atoms with Crippen molar-refractivity contribution in [3.05, 3.63) is 17.7 Å². The second kappa shape index (κ2) is 5.38. The van der Waals surface area contributed by atoms with Gasteiger partial charge in [0.2, 0.25) is 5.91 Å². The summed E-state index contributed by atoms with van der Waals surface area (Å²) in [6.45, 7) is 0.478. The lowest BCUT2D eigenvalue weighted by Gasteiger charge is -2.34. The van der Waals surface area contributed by atoms with Crippen molar-refractivity contribution in [2.75, 3.05) is 23.8 Å². The van der Waals surface area contributed by atoms with Crippen LogP contribution in [0.15, 0.2) is 6.07 Å². The number of carbonyl (C=O) groups is 1. The van der Waals surface area contributed by atoms with E-state index >= 15 is 0 Å². The van der Waals surface area contributed by atoms with E-state index in [1.54, 1.807) is 0 Å². The van der Waals surface area contributed by atoms with Crippen molar-refractivity contribution in [1.29, 1.82) is 0 Å². The Hall–Kier alpha value is -1.92. The van der Waals surface area contributed by atoms with Gasteiger partial charge in [-0.1, -0.05) is 0 Å². The number of amides is 1. The maximum atomic E-state index is 13.9. The smallest absolute Gasteiger partial charge is 0.240 e. The van der Waals surface area contributed by atoms with Crippen LogP contribution in [-0.2, 0) is 4.79 Å². The van der Waals surface area contributed by atoms with Gasteiger partial charge in [0.05, 0.1) is 0 Å². The molecule has 0 spiro atoms. The summed E-state index contributed by atoms with van der Waals surface area (Å²) in [5, 5.41) is 2.55. The van der Waals surface area contributed by atoms with Crippen molar-refractivity contribution in [1.82, 2.24) is 4.98 Å². The number of rotatable bonds is 3. The highest BCUT2D eigenvalue weighted by Gasteiger charge is 2.30. The first kappa shape index (κ1) is 13.5. The molecule has 104 valence electrons. The number of nitrogens with two attached hydrogens (primary N) is 1. The lowest BCUT2D eigenvalue weighted by atomic mass is 10.0. The van der Waals surface area contributed by atoms with Crippen molar-refractivity contribution in [2.45, 2.75) is 25.3 Å². The first-order valence-corrected chi connectivity index (χ1v) is 6.14. The number of primary amides is 1. The van der Waals surface area contributed by atoms with E-state index < -0.39 is 23.6 Å². The van der Waals surface area contributed by atoms with Crippen LogP contribution in [0.3, 0.4) is 0 Å². The molecule has 0 radical (unpaired) electrons. The number of nitrogens with zero attached hydrogens (tertiary/aromatic N) is 2. The predicted octanol–water partition coefficient (Wildman–Crippen LogP) is 1.25. The standard InChI is InChI=1S/C12H16F2N4O/c1-16-11-7(13)6-8(14)12(17-11)18-5-3-2-4-9(18)10(15)19/h6,9H,2-5H2,1H3,(H2,15,19)(H,16,17). The molecule has 1 aliphatic heterocycles. The molecule has 5 nitrogen and oxygen atoms in total. The maximum Gasteiger partial charge on any atom is 0.240 e. The summed E-state index contributed by atoms with van der Waals surface area (Å²) in [4.78, 5) is 16.8. The molecule has 1 saturated heterocycles. The number of pyridine rings is 1. The third-order valence-corrected chi connectivity index (χ3v) is 3.25. The van der Waals surface area contributed by atoms with E-state index in [0.29, 0.717) is 13.0 Å². The molecule has 1 amide bonds. The molecule has 2 heterocycles. The molecule has 1 aliphatic rings. The van der Waals surface area contributed by atoms with Crippen LogP contribution in [0.5, 0.6) is 0 Å². The highest BCUT2D eigenvalue weighted by molar-refractivity contribution is 5.83. The first-order valence-electron chi connectivity index (χ1n) is 6.14. The van der Waals surface area contributed by atoms with Crippen LogP contribution >= 0.6 is 0 Å². The van der Waals surface area contributed by atoms with Crippen molar-refractivity contribution in [3.8, 4) is 0 Å². The van der Waals surface area contributed by atoms with Gasteiger partial charge in [-0.3, -0.25) is 4.79 Å². The lowest BCUT2D eigenvalue weighted by molar-refractivity contribution is -0.119. The molecule has 2 rings (SSSR count). The van der Waals surface area contributed by atoms with Gasteiger partial charge in [-0.15, -0.1) is 0 Å². The molecule has 0 saturated carbocycles. The summed E-state index contributed by atoms with van der Waals surface area (Å²) >= 11 is 0. The second-order valence-corrected chi connectivity index (χ2v) is 4.48. The number of hydrogen-bond acceptors (Lipinski definition) is 4. The van der Waals surface area contributed by atoms with Crippen LogP contribution in [0.4, 0.5) is 20.4 Å². The molecule has 1 atom stereocenters. The van der Waals surface area contributed by atoms with Crippen LogP contribution in [0.25, 0.3) is 0 Å². The predicted molar refractivity (Wildman–Crippen MR) is 67.9 cm³/mol. The van der Waals surface area contributed by atoms with Gasteiger partial charge < -0.3 is 16.0 Å². The van der Waals surface area contributed by atoms with Gasteiger partial charge in [0.1, 0.15) is 6.04 Å². The Bertz CT molecular complexity index is 495. The van der Waals surface area contributed by atoms with E-state index in [1.807, 2.05) is 0 Å². The largest absolute Gasteiger partial charge is 0.371 e. The molecule has 1 aromatic rings. The quantitative estimate of drug-likeness (QED) is 0.867. The van der Waals surface area contributed by atoms with Crippen LogP contribution in [0, 0.1) is 11.6 Å². The zero-order valence-electron chi connectivity index (χ0n) is 10.6. The average molecular weight is 270 g/mol. The summed E-state index contributed by atoms with van der Waals surface area (Å²) in [7, 11) is 1.49. The van der Waals surface area contributed by atoms with Gasteiger partial charge in [-0.2, -0.15) is 0 Å². The minimum absolute atomic E-state index is 0.0331. The number of hydrogen-bond donors (Lipinski definition) is 2. The summed E-state index contributed by atoms with van der Waals surface area (Å²) < 4.78 is 27.2. The Morgan fingerprint density at radius 1 is 1.47 bits per heavy atom. The number of anilines is 2. The maximum absolute atomic E-state index is 13.9. The fourth-order valence-corrected chi connectivity index (χ4v) is 2.31. The first-order chi connectivity index (χ1) is 9.04. The number of carbonyl (C=O) groups excluding carboxylic acids is 1. The van der Waals surface area contributed by atoms with E-state index in [9.17, 15) is 13.6 Å². The van der Waals surface area contributed by atoms with Gasteiger partial charge in [0.15, 0.2) is 23.3 Å². The third-order valence-electron chi connectivity index (χ3n) is 3.25. The minimum Gasteiger partial charge on any atom is -0.371 e. The molecule has 0 aliphatic carbocycles. The third kappa shape index (κ3) is 2.59. The number of aromatic nitrogens is 1. The van der Waals surface area contributed by atoms with E-state index in [0.717, 1.165) is 18.9 Å². The molecule has 19 heavy (non-hydrogen) atoms. The molecular weight excluding hydrogens is 254 g/mol. The van der Waals surface area contributed by atoms with Gasteiger partial charge in [0, 0.05) is 19.7 Å². The Labute approximate surface area is 109 Å². The average Bonchev–Trinajstić information content (AvgIpc) is 2.39. The highest BCUT2D eigenvalue weighted by atomic mass is 19.1. The van der Waals surface area contributed by atoms with Crippen LogP contribution in [-0.4, -0.2) is 30.5 Å². The van der Waals surface area contributed by atoms with Gasteiger partial charge in [-0.05, 0) is 19.3 Å². The summed E-state index contributed by atoms with van der Waals surface area (Å²) in [6, 6.07) is 0.173. The van der Waals surface area contributed by atoms with Gasteiger partial charge >= 0.3 is 0 Å². The fraction of sp³-hybridized carbons (Fsp3) is 0.500. The van der Waals surface area contributed by atoms with E-state index in [4.69, 9.17) is 5.73 Å². The fourth-order valence-electron chi connectivity index (χ4n) is 2.31. The summed E-state index contributed by atoms with van der Waals surface area (Å²) in [6.07, 6.45) is 2.23. The van der Waals surface area contributed by atoms with E-state index in [2.05, 4.69) is 10.3 Å². The van der Waals surface area contributed by atoms with Crippen molar-refractivity contribution in [2.24, 2.45) is 5.73 Å². The Morgan fingerprint density at radius 2 is 2.21 bits per heavy atom. The lowest BCUT2D eigenvalue weighted by Crippen LogP contribution is -2.48. The van der Waals surface area contributed by atoms with Crippen molar-refractivity contribution in [3.63, 3.8) is 0 Å². The molecule has 1 fully saturated rings. The molecule has 3 N–H and O–H groups in total.